The second-order valence-electron chi connectivity index (χ2n) is 20.1. The number of esters is 1. The van der Waals surface area contributed by atoms with Crippen molar-refractivity contribution in [1.82, 2.24) is 0 Å². The van der Waals surface area contributed by atoms with E-state index in [1.807, 2.05) is 0 Å². The number of ether oxygens (including phenoxy) is 2. The van der Waals surface area contributed by atoms with Crippen molar-refractivity contribution >= 4 is 13.8 Å². The van der Waals surface area contributed by atoms with Gasteiger partial charge in [0.1, 0.15) is 42.7 Å². The summed E-state index contributed by atoms with van der Waals surface area (Å²) in [5, 5.41) is 50.4. The predicted octanol–water partition coefficient (Wildman–Crippen LogP) is 13.4. The van der Waals surface area contributed by atoms with Crippen molar-refractivity contribution in [3.8, 4) is 0 Å². The molecule has 68 heavy (non-hydrogen) atoms. The quantitative estimate of drug-likeness (QED) is 0.0146. The minimum Gasteiger partial charge on any atom is -0.457 e. The zero-order valence-electron chi connectivity index (χ0n) is 43.7. The van der Waals surface area contributed by atoms with Crippen LogP contribution >= 0.6 is 7.82 Å². The van der Waals surface area contributed by atoms with Crippen LogP contribution in [0.1, 0.15) is 271 Å². The number of rotatable bonds is 50. The molecule has 13 heteroatoms. The number of aliphatic hydroxyl groups excluding tert-OH is 5. The van der Waals surface area contributed by atoms with Crippen LogP contribution in [-0.2, 0) is 27.9 Å². The molecule has 0 radical (unpaired) electrons. The molecule has 6 N–H and O–H groups in total. The maximum Gasteiger partial charge on any atom is 0.472 e. The minimum absolute atomic E-state index is 0.0707. The Morgan fingerprint density at radius 3 is 1.16 bits per heavy atom. The average molecular weight is 991 g/mol. The Morgan fingerprint density at radius 1 is 0.456 bits per heavy atom. The van der Waals surface area contributed by atoms with Gasteiger partial charge in [0.05, 0.1) is 13.2 Å². The van der Waals surface area contributed by atoms with E-state index in [-0.39, 0.29) is 13.0 Å². The van der Waals surface area contributed by atoms with E-state index >= 15 is 0 Å². The van der Waals surface area contributed by atoms with Crippen LogP contribution in [0.3, 0.4) is 0 Å². The van der Waals surface area contributed by atoms with E-state index in [1.165, 1.54) is 205 Å². The Labute approximate surface area is 416 Å². The monoisotopic (exact) mass is 991 g/mol. The van der Waals surface area contributed by atoms with Crippen LogP contribution in [0, 0.1) is 0 Å². The summed E-state index contributed by atoms with van der Waals surface area (Å²) in [6, 6.07) is 0. The van der Waals surface area contributed by atoms with Crippen LogP contribution in [0.5, 0.6) is 0 Å². The summed E-state index contributed by atoms with van der Waals surface area (Å²) in [6.07, 6.45) is 41.4. The van der Waals surface area contributed by atoms with Crippen molar-refractivity contribution in [2.75, 3.05) is 19.8 Å². The van der Waals surface area contributed by atoms with Gasteiger partial charge in [-0.15, -0.1) is 0 Å². The molecule has 0 heterocycles. The second-order valence-corrected chi connectivity index (χ2v) is 21.6. The minimum atomic E-state index is -5.02. The van der Waals surface area contributed by atoms with Gasteiger partial charge in [0.15, 0.2) is 0 Å². The highest BCUT2D eigenvalue weighted by Crippen LogP contribution is 2.47. The molecule has 0 bridgehead atoms. The van der Waals surface area contributed by atoms with Gasteiger partial charge in [-0.2, -0.15) is 0 Å². The van der Waals surface area contributed by atoms with Gasteiger partial charge in [0.2, 0.25) is 0 Å². The van der Waals surface area contributed by atoms with Gasteiger partial charge in [-0.3, -0.25) is 13.8 Å². The first-order valence-corrected chi connectivity index (χ1v) is 30.0. The summed E-state index contributed by atoms with van der Waals surface area (Å²) < 4.78 is 34.4. The third-order valence-electron chi connectivity index (χ3n) is 13.6. The lowest BCUT2D eigenvalue weighted by atomic mass is 9.85. The van der Waals surface area contributed by atoms with E-state index in [0.29, 0.717) is 13.0 Å². The van der Waals surface area contributed by atoms with Crippen molar-refractivity contribution in [1.29, 1.82) is 0 Å². The molecule has 0 aliphatic heterocycles. The summed E-state index contributed by atoms with van der Waals surface area (Å²) in [4.78, 5) is 23.3. The van der Waals surface area contributed by atoms with Gasteiger partial charge >= 0.3 is 13.8 Å². The van der Waals surface area contributed by atoms with E-state index < -0.39 is 63.1 Å². The van der Waals surface area contributed by atoms with Gasteiger partial charge in [0.25, 0.3) is 0 Å². The zero-order valence-corrected chi connectivity index (χ0v) is 44.6. The fourth-order valence-corrected chi connectivity index (χ4v) is 10.1. The summed E-state index contributed by atoms with van der Waals surface area (Å²) >= 11 is 0. The molecule has 0 amide bonds. The molecule has 0 aromatic rings. The topological polar surface area (TPSA) is 192 Å². The number of hydrogen-bond donors (Lipinski definition) is 6. The lowest BCUT2D eigenvalue weighted by Crippen LogP contribution is -2.64. The number of phosphoric ester groups is 1. The maximum absolute atomic E-state index is 12.9. The van der Waals surface area contributed by atoms with Crippen LogP contribution in [0.15, 0.2) is 12.2 Å². The fourth-order valence-electron chi connectivity index (χ4n) is 9.12. The first-order valence-electron chi connectivity index (χ1n) is 28.5. The Hall–Kier alpha value is -0.920. The van der Waals surface area contributed by atoms with Crippen LogP contribution in [0.2, 0.25) is 0 Å². The van der Waals surface area contributed by atoms with Crippen molar-refractivity contribution in [3.63, 3.8) is 0 Å². The number of carbonyl (C=O) groups is 1. The second kappa shape index (κ2) is 45.9. The molecular weight excluding hydrogens is 884 g/mol. The van der Waals surface area contributed by atoms with Gasteiger partial charge < -0.3 is 39.9 Å². The summed E-state index contributed by atoms with van der Waals surface area (Å²) in [6.45, 7) is 4.32. The highest BCUT2D eigenvalue weighted by Gasteiger charge is 2.51. The predicted molar refractivity (Wildman–Crippen MR) is 277 cm³/mol. The Kier molecular flexibility index (Phi) is 43.9. The molecule has 6 atom stereocenters. The number of phosphoric acid groups is 1. The Bertz CT molecular complexity index is 1180. The molecule has 1 rings (SSSR count). The molecule has 404 valence electrons. The Balaban J connectivity index is 2.28. The number of carbonyl (C=O) groups excluding carboxylic acids is 1. The van der Waals surface area contributed by atoms with Gasteiger partial charge in [-0.1, -0.05) is 238 Å². The number of unbranched alkanes of at least 4 members (excludes halogenated alkanes) is 36. The molecule has 1 fully saturated rings. The van der Waals surface area contributed by atoms with Crippen LogP contribution in [0.4, 0.5) is 0 Å². The largest absolute Gasteiger partial charge is 0.472 e. The molecule has 0 spiro atoms. The van der Waals surface area contributed by atoms with E-state index in [2.05, 4.69) is 26.0 Å². The lowest BCUT2D eigenvalue weighted by Gasteiger charge is -2.41. The molecule has 0 saturated heterocycles. The zero-order chi connectivity index (χ0) is 49.8. The van der Waals surface area contributed by atoms with Gasteiger partial charge in [0, 0.05) is 13.0 Å². The highest BCUT2D eigenvalue weighted by molar-refractivity contribution is 7.47. The molecule has 12 nitrogen and oxygen atoms in total. The molecular formula is C55H107O12P. The van der Waals surface area contributed by atoms with E-state index in [1.54, 1.807) is 0 Å². The third-order valence-corrected chi connectivity index (χ3v) is 14.6. The van der Waals surface area contributed by atoms with Crippen molar-refractivity contribution in [2.45, 2.75) is 313 Å². The standard InChI is InChI=1S/C55H107O12P/c1-3-5-7-9-11-13-15-17-19-21-23-25-26-28-30-32-34-36-38-40-42-44-49(56)66-48(47-65-68(62,63)67-55-53(60)51(58)50(57)52(59)54(55)61)46-64-45-43-41-39-37-35-33-31-29-27-24-22-20-18-16-14-12-10-8-6-4-2/h21,23,48,50-55,57-61H,3-20,22,24-47H2,1-2H3,(H,62,63)/b23-21-. The van der Waals surface area contributed by atoms with Crippen LogP contribution in [-0.4, -0.2) is 98.9 Å². The number of aliphatic hydroxyl groups is 5. The fraction of sp³-hybridized carbons (Fsp3) is 0.945. The van der Waals surface area contributed by atoms with Gasteiger partial charge in [-0.25, -0.2) is 4.57 Å². The first kappa shape index (κ1) is 65.1. The van der Waals surface area contributed by atoms with Crippen LogP contribution in [0.25, 0.3) is 0 Å². The van der Waals surface area contributed by atoms with Gasteiger partial charge in [-0.05, 0) is 38.5 Å². The van der Waals surface area contributed by atoms with E-state index in [9.17, 15) is 39.8 Å². The molecule has 1 aliphatic carbocycles. The summed E-state index contributed by atoms with van der Waals surface area (Å²) in [5.41, 5.74) is 0. The summed E-state index contributed by atoms with van der Waals surface area (Å²) in [5.74, 6) is -0.472. The average Bonchev–Trinajstić information content (AvgIpc) is 3.32. The Morgan fingerprint density at radius 2 is 0.779 bits per heavy atom. The lowest BCUT2D eigenvalue weighted by molar-refractivity contribution is -0.220. The number of hydrogen-bond acceptors (Lipinski definition) is 11. The highest BCUT2D eigenvalue weighted by atomic mass is 31.2. The van der Waals surface area contributed by atoms with Crippen molar-refractivity contribution in [3.05, 3.63) is 12.2 Å². The molecule has 6 unspecified atom stereocenters. The molecule has 0 aromatic heterocycles. The normalized spacial score (nSPS) is 21.1. The van der Waals surface area contributed by atoms with Crippen molar-refractivity contribution < 1.29 is 58.3 Å². The molecule has 1 aliphatic rings. The third kappa shape index (κ3) is 36.9. The van der Waals surface area contributed by atoms with E-state index in [0.717, 1.165) is 38.5 Å². The van der Waals surface area contributed by atoms with E-state index in [4.69, 9.17) is 18.5 Å². The van der Waals surface area contributed by atoms with Crippen LogP contribution < -0.4 is 0 Å². The van der Waals surface area contributed by atoms with Crippen molar-refractivity contribution in [2.24, 2.45) is 0 Å². The first-order chi connectivity index (χ1) is 33.0. The smallest absolute Gasteiger partial charge is 0.457 e. The maximum atomic E-state index is 12.9. The molecule has 0 aromatic carbocycles. The summed E-state index contributed by atoms with van der Waals surface area (Å²) in [7, 11) is -5.02. The SMILES string of the molecule is CCCCCCCCCC/C=C\CCCCCCCCCCCC(=O)OC(COCCCCCCCCCCCCCCCCCCCCCC)COP(=O)(O)OC1C(O)C(O)C(O)C(O)C1O. The number of allylic oxidation sites excluding steroid dienone is 2. The molecule has 1 saturated carbocycles.